The molecule has 0 heterocycles. The number of nitrogens with zero attached hydrogens (tertiary/aromatic N) is 1. The highest BCUT2D eigenvalue weighted by molar-refractivity contribution is 5.77. The summed E-state index contributed by atoms with van der Waals surface area (Å²) in [7, 11) is 3.34. The van der Waals surface area contributed by atoms with Crippen LogP contribution in [0, 0.1) is 5.82 Å². The Morgan fingerprint density at radius 3 is 2.80 bits per heavy atom. The van der Waals surface area contributed by atoms with Crippen LogP contribution in [0.3, 0.4) is 0 Å². The summed E-state index contributed by atoms with van der Waals surface area (Å²) in [5.41, 5.74) is 6.50. The first kappa shape index (κ1) is 16.6. The van der Waals surface area contributed by atoms with Gasteiger partial charge in [-0.15, -0.1) is 0 Å². The number of carbonyl (C=O) groups excluding carboxylic acids is 1. The van der Waals surface area contributed by atoms with Crippen LogP contribution in [-0.2, 0) is 22.6 Å². The standard InChI is InChI=1S/C14H22FN3O2/c1-18(10-13(19)17-6-7-20-2)9-12-5-3-4-11(8-16)14(12)15/h3-5H,6-10,16H2,1-2H3,(H,17,19). The smallest absolute Gasteiger partial charge is 0.234 e. The van der Waals surface area contributed by atoms with Crippen LogP contribution in [0.1, 0.15) is 11.1 Å². The number of hydrogen-bond acceptors (Lipinski definition) is 4. The van der Waals surface area contributed by atoms with Crippen LogP contribution in [0.15, 0.2) is 18.2 Å². The first-order chi connectivity index (χ1) is 9.58. The molecule has 0 spiro atoms. The van der Waals surface area contributed by atoms with Gasteiger partial charge in [-0.25, -0.2) is 4.39 Å². The summed E-state index contributed by atoms with van der Waals surface area (Å²) in [4.78, 5) is 13.4. The van der Waals surface area contributed by atoms with Crippen molar-refractivity contribution in [1.29, 1.82) is 0 Å². The van der Waals surface area contributed by atoms with Crippen molar-refractivity contribution in [3.63, 3.8) is 0 Å². The zero-order chi connectivity index (χ0) is 15.0. The van der Waals surface area contributed by atoms with Gasteiger partial charge in [0.05, 0.1) is 13.2 Å². The van der Waals surface area contributed by atoms with Crippen molar-refractivity contribution >= 4 is 5.91 Å². The number of hydrogen-bond donors (Lipinski definition) is 2. The highest BCUT2D eigenvalue weighted by Crippen LogP contribution is 2.14. The number of methoxy groups -OCH3 is 1. The fourth-order valence-electron chi connectivity index (χ4n) is 1.85. The van der Waals surface area contributed by atoms with Gasteiger partial charge in [0.15, 0.2) is 0 Å². The Balaban J connectivity index is 2.50. The van der Waals surface area contributed by atoms with E-state index in [0.717, 1.165) is 0 Å². The molecule has 0 saturated heterocycles. The van der Waals surface area contributed by atoms with Gasteiger partial charge in [0, 0.05) is 37.9 Å². The molecule has 0 aliphatic heterocycles. The summed E-state index contributed by atoms with van der Waals surface area (Å²) in [5.74, 6) is -0.401. The molecule has 0 aliphatic carbocycles. The average molecular weight is 283 g/mol. The second-order valence-electron chi connectivity index (χ2n) is 4.61. The maximum absolute atomic E-state index is 14.0. The van der Waals surface area contributed by atoms with E-state index >= 15 is 0 Å². The summed E-state index contributed by atoms with van der Waals surface area (Å²) in [6.07, 6.45) is 0. The molecule has 1 rings (SSSR count). The van der Waals surface area contributed by atoms with E-state index in [2.05, 4.69) is 5.32 Å². The number of ether oxygens (including phenoxy) is 1. The maximum Gasteiger partial charge on any atom is 0.234 e. The van der Waals surface area contributed by atoms with Crippen molar-refractivity contribution in [2.45, 2.75) is 13.1 Å². The Labute approximate surface area is 118 Å². The van der Waals surface area contributed by atoms with Crippen molar-refractivity contribution in [3.8, 4) is 0 Å². The first-order valence-corrected chi connectivity index (χ1v) is 6.49. The molecule has 0 saturated carbocycles. The molecule has 112 valence electrons. The Morgan fingerprint density at radius 2 is 2.15 bits per heavy atom. The van der Waals surface area contributed by atoms with Crippen molar-refractivity contribution in [3.05, 3.63) is 35.1 Å². The minimum atomic E-state index is -0.290. The van der Waals surface area contributed by atoms with Crippen LogP contribution in [-0.4, -0.2) is 44.7 Å². The fourth-order valence-corrected chi connectivity index (χ4v) is 1.85. The van der Waals surface area contributed by atoms with Crippen LogP contribution < -0.4 is 11.1 Å². The molecule has 0 aromatic heterocycles. The number of nitrogens with one attached hydrogen (secondary N) is 1. The SMILES string of the molecule is COCCNC(=O)CN(C)Cc1cccc(CN)c1F. The van der Waals surface area contributed by atoms with Gasteiger partial charge >= 0.3 is 0 Å². The second kappa shape index (κ2) is 8.63. The average Bonchev–Trinajstić information content (AvgIpc) is 2.41. The van der Waals surface area contributed by atoms with Crippen molar-refractivity contribution in [2.24, 2.45) is 5.73 Å². The lowest BCUT2D eigenvalue weighted by atomic mass is 10.1. The lowest BCUT2D eigenvalue weighted by Crippen LogP contribution is -2.36. The molecule has 5 nitrogen and oxygen atoms in total. The third kappa shape index (κ3) is 5.24. The Hall–Kier alpha value is -1.50. The lowest BCUT2D eigenvalue weighted by molar-refractivity contribution is -0.122. The lowest BCUT2D eigenvalue weighted by Gasteiger charge is -2.17. The number of halogens is 1. The predicted molar refractivity (Wildman–Crippen MR) is 75.5 cm³/mol. The highest BCUT2D eigenvalue weighted by atomic mass is 19.1. The molecular formula is C14H22FN3O2. The second-order valence-corrected chi connectivity index (χ2v) is 4.61. The van der Waals surface area contributed by atoms with E-state index < -0.39 is 0 Å². The third-order valence-corrected chi connectivity index (χ3v) is 2.86. The Kier molecular flexibility index (Phi) is 7.14. The van der Waals surface area contributed by atoms with E-state index in [-0.39, 0.29) is 24.8 Å². The van der Waals surface area contributed by atoms with Gasteiger partial charge in [0.2, 0.25) is 5.91 Å². The summed E-state index contributed by atoms with van der Waals surface area (Å²) >= 11 is 0. The number of amides is 1. The minimum absolute atomic E-state index is 0.111. The largest absolute Gasteiger partial charge is 0.383 e. The van der Waals surface area contributed by atoms with Crippen LogP contribution in [0.25, 0.3) is 0 Å². The number of carbonyl (C=O) groups is 1. The summed E-state index contributed by atoms with van der Waals surface area (Å²) in [5, 5.41) is 2.72. The summed E-state index contributed by atoms with van der Waals surface area (Å²) in [6.45, 7) is 1.68. The van der Waals surface area contributed by atoms with Crippen molar-refractivity contribution < 1.29 is 13.9 Å². The van der Waals surface area contributed by atoms with Gasteiger partial charge in [-0.1, -0.05) is 18.2 Å². The van der Waals surface area contributed by atoms with E-state index in [1.165, 1.54) is 0 Å². The summed E-state index contributed by atoms with van der Waals surface area (Å²) < 4.78 is 18.8. The maximum atomic E-state index is 14.0. The fraction of sp³-hybridized carbons (Fsp3) is 0.500. The number of rotatable bonds is 8. The number of likely N-dealkylation sites (N-methyl/N-ethyl adjacent to an activating group) is 1. The molecule has 1 amide bonds. The highest BCUT2D eigenvalue weighted by Gasteiger charge is 2.11. The zero-order valence-electron chi connectivity index (χ0n) is 12.0. The van der Waals surface area contributed by atoms with Gasteiger partial charge in [0.25, 0.3) is 0 Å². The first-order valence-electron chi connectivity index (χ1n) is 6.49. The Morgan fingerprint density at radius 1 is 1.45 bits per heavy atom. The minimum Gasteiger partial charge on any atom is -0.383 e. The molecule has 1 aromatic rings. The molecule has 20 heavy (non-hydrogen) atoms. The van der Waals surface area contributed by atoms with Gasteiger partial charge in [0.1, 0.15) is 5.82 Å². The van der Waals surface area contributed by atoms with E-state index in [0.29, 0.717) is 30.8 Å². The predicted octanol–water partition coefficient (Wildman–Crippen LogP) is 0.479. The summed E-state index contributed by atoms with van der Waals surface area (Å²) in [6, 6.07) is 5.14. The molecule has 3 N–H and O–H groups in total. The van der Waals surface area contributed by atoms with E-state index in [4.69, 9.17) is 10.5 Å². The molecule has 0 aliphatic rings. The Bertz CT molecular complexity index is 440. The van der Waals surface area contributed by atoms with E-state index in [1.54, 1.807) is 37.3 Å². The van der Waals surface area contributed by atoms with E-state index in [1.807, 2.05) is 0 Å². The van der Waals surface area contributed by atoms with Gasteiger partial charge in [-0.3, -0.25) is 9.69 Å². The molecule has 0 atom stereocenters. The van der Waals surface area contributed by atoms with Gasteiger partial charge in [-0.05, 0) is 7.05 Å². The van der Waals surface area contributed by atoms with Gasteiger partial charge in [-0.2, -0.15) is 0 Å². The normalized spacial score (nSPS) is 10.8. The molecule has 1 aromatic carbocycles. The molecular weight excluding hydrogens is 261 g/mol. The zero-order valence-corrected chi connectivity index (χ0v) is 12.0. The van der Waals surface area contributed by atoms with Crippen LogP contribution in [0.5, 0.6) is 0 Å². The monoisotopic (exact) mass is 283 g/mol. The number of benzene rings is 1. The number of nitrogens with two attached hydrogens (primary N) is 1. The quantitative estimate of drug-likeness (QED) is 0.681. The van der Waals surface area contributed by atoms with E-state index in [9.17, 15) is 9.18 Å². The topological polar surface area (TPSA) is 67.6 Å². The third-order valence-electron chi connectivity index (χ3n) is 2.86. The molecule has 0 bridgehead atoms. The molecule has 0 unspecified atom stereocenters. The molecule has 6 heteroatoms. The van der Waals surface area contributed by atoms with Crippen LogP contribution in [0.4, 0.5) is 4.39 Å². The van der Waals surface area contributed by atoms with Crippen molar-refractivity contribution in [2.75, 3.05) is 33.9 Å². The molecule has 0 fully saturated rings. The van der Waals surface area contributed by atoms with Crippen molar-refractivity contribution in [1.82, 2.24) is 10.2 Å². The van der Waals surface area contributed by atoms with Crippen LogP contribution >= 0.6 is 0 Å². The van der Waals surface area contributed by atoms with Gasteiger partial charge < -0.3 is 15.8 Å². The van der Waals surface area contributed by atoms with Crippen LogP contribution in [0.2, 0.25) is 0 Å². The molecule has 0 radical (unpaired) electrons.